The Morgan fingerprint density at radius 2 is 1.96 bits per heavy atom. The highest BCUT2D eigenvalue weighted by atomic mass is 79.9. The average Bonchev–Trinajstić information content (AvgIpc) is 2.53. The Morgan fingerprint density at radius 1 is 1.29 bits per heavy atom. The molecular formula is C16H24BrNO5S. The number of rotatable bonds is 7. The average molecular weight is 422 g/mol. The summed E-state index contributed by atoms with van der Waals surface area (Å²) < 4.78 is 45.2. The second-order valence-electron chi connectivity index (χ2n) is 5.72. The van der Waals surface area contributed by atoms with E-state index in [1.165, 1.54) is 4.31 Å². The number of hydrogen-bond acceptors (Lipinski definition) is 5. The van der Waals surface area contributed by atoms with Crippen LogP contribution in [0.15, 0.2) is 33.6 Å². The molecule has 1 fully saturated rings. The molecule has 0 saturated carbocycles. The van der Waals surface area contributed by atoms with E-state index < -0.39 is 15.8 Å². The first kappa shape index (κ1) is 19.8. The van der Waals surface area contributed by atoms with Crippen LogP contribution in [0.5, 0.6) is 0 Å². The number of hydrogen-bond donors (Lipinski definition) is 0. The van der Waals surface area contributed by atoms with E-state index in [1.54, 1.807) is 31.2 Å². The van der Waals surface area contributed by atoms with Crippen LogP contribution in [0.1, 0.15) is 20.8 Å². The lowest BCUT2D eigenvalue weighted by molar-refractivity contribution is -0.276. The van der Waals surface area contributed by atoms with Crippen LogP contribution in [0.3, 0.4) is 0 Å². The summed E-state index contributed by atoms with van der Waals surface area (Å²) in [4.78, 5) is 0.251. The molecule has 0 aromatic heterocycles. The van der Waals surface area contributed by atoms with E-state index in [-0.39, 0.29) is 24.1 Å². The Kier molecular flexibility index (Phi) is 6.81. The molecule has 1 aliphatic rings. The van der Waals surface area contributed by atoms with Gasteiger partial charge in [-0.3, -0.25) is 0 Å². The lowest BCUT2D eigenvalue weighted by Crippen LogP contribution is -2.58. The normalized spacial score (nSPS) is 25.8. The first-order valence-corrected chi connectivity index (χ1v) is 10.2. The van der Waals surface area contributed by atoms with E-state index in [0.29, 0.717) is 19.8 Å². The van der Waals surface area contributed by atoms with Gasteiger partial charge >= 0.3 is 0 Å². The van der Waals surface area contributed by atoms with Gasteiger partial charge in [-0.25, -0.2) is 8.42 Å². The zero-order valence-electron chi connectivity index (χ0n) is 14.2. The summed E-state index contributed by atoms with van der Waals surface area (Å²) in [6.07, 6.45) is -0.375. The summed E-state index contributed by atoms with van der Waals surface area (Å²) >= 11 is 3.32. The fourth-order valence-electron chi connectivity index (χ4n) is 2.70. The minimum Gasteiger partial charge on any atom is -0.379 e. The molecule has 1 saturated heterocycles. The van der Waals surface area contributed by atoms with Gasteiger partial charge in [-0.2, -0.15) is 4.31 Å². The molecule has 0 aliphatic carbocycles. The monoisotopic (exact) mass is 421 g/mol. The molecule has 0 bridgehead atoms. The van der Waals surface area contributed by atoms with Crippen LogP contribution in [-0.2, 0) is 24.2 Å². The van der Waals surface area contributed by atoms with Crippen molar-refractivity contribution < 1.29 is 22.6 Å². The Morgan fingerprint density at radius 3 is 2.54 bits per heavy atom. The maximum atomic E-state index is 13.0. The molecule has 2 atom stereocenters. The predicted molar refractivity (Wildman–Crippen MR) is 94.3 cm³/mol. The van der Waals surface area contributed by atoms with Gasteiger partial charge in [-0.1, -0.05) is 15.9 Å². The zero-order chi connectivity index (χ0) is 17.8. The van der Waals surface area contributed by atoms with Crippen molar-refractivity contribution in [2.45, 2.75) is 37.6 Å². The van der Waals surface area contributed by atoms with Gasteiger partial charge in [0.15, 0.2) is 5.79 Å². The number of nitrogens with zero attached hydrogens (tertiary/aromatic N) is 1. The Balaban J connectivity index is 2.26. The standard InChI is InChI=1S/C16H24BrNO5S/c1-4-21-11-14-10-18(12-16(3,23-14)22-5-2)24(19,20)15-8-6-13(17)7-9-15/h6-9,14H,4-5,10-12H2,1-3H3/t14-,16-/m1/s1. The highest BCUT2D eigenvalue weighted by Crippen LogP contribution is 2.28. The maximum absolute atomic E-state index is 13.0. The summed E-state index contributed by atoms with van der Waals surface area (Å²) in [5.41, 5.74) is 0. The largest absolute Gasteiger partial charge is 0.379 e. The molecule has 1 aromatic rings. The molecule has 6 nitrogen and oxygen atoms in total. The topological polar surface area (TPSA) is 65.1 Å². The Labute approximate surface area is 152 Å². The summed E-state index contributed by atoms with van der Waals surface area (Å²) in [7, 11) is -3.63. The van der Waals surface area contributed by atoms with Gasteiger partial charge in [0.25, 0.3) is 0 Å². The van der Waals surface area contributed by atoms with Crippen LogP contribution in [0.2, 0.25) is 0 Å². The second kappa shape index (κ2) is 8.25. The highest BCUT2D eigenvalue weighted by Gasteiger charge is 2.42. The Hall–Kier alpha value is -0.510. The van der Waals surface area contributed by atoms with Crippen LogP contribution < -0.4 is 0 Å². The third-order valence-electron chi connectivity index (χ3n) is 3.70. The fraction of sp³-hybridized carbons (Fsp3) is 0.625. The minimum atomic E-state index is -3.63. The summed E-state index contributed by atoms with van der Waals surface area (Å²) in [6.45, 7) is 7.19. The predicted octanol–water partition coefficient (Wildman–Crippen LogP) is 2.63. The quantitative estimate of drug-likeness (QED) is 0.676. The summed E-state index contributed by atoms with van der Waals surface area (Å²) in [5.74, 6) is -0.989. The molecule has 24 heavy (non-hydrogen) atoms. The number of halogens is 1. The van der Waals surface area contributed by atoms with Crippen molar-refractivity contribution in [2.24, 2.45) is 0 Å². The summed E-state index contributed by atoms with van der Waals surface area (Å²) in [6, 6.07) is 6.61. The van der Waals surface area contributed by atoms with Crippen molar-refractivity contribution in [2.75, 3.05) is 32.9 Å². The number of benzene rings is 1. The summed E-state index contributed by atoms with van der Waals surface area (Å²) in [5, 5.41) is 0. The molecule has 2 rings (SSSR count). The zero-order valence-corrected chi connectivity index (χ0v) is 16.6. The third kappa shape index (κ3) is 4.77. The van der Waals surface area contributed by atoms with Crippen molar-refractivity contribution in [3.8, 4) is 0 Å². The first-order chi connectivity index (χ1) is 11.3. The van der Waals surface area contributed by atoms with E-state index in [0.717, 1.165) is 4.47 Å². The molecule has 136 valence electrons. The van der Waals surface area contributed by atoms with Crippen LogP contribution in [-0.4, -0.2) is 57.5 Å². The number of ether oxygens (including phenoxy) is 3. The van der Waals surface area contributed by atoms with Gasteiger partial charge in [-0.05, 0) is 45.0 Å². The van der Waals surface area contributed by atoms with Gasteiger partial charge in [-0.15, -0.1) is 0 Å². The van der Waals surface area contributed by atoms with E-state index in [1.807, 2.05) is 13.8 Å². The lowest BCUT2D eigenvalue weighted by atomic mass is 10.2. The molecular weight excluding hydrogens is 398 g/mol. The Bertz CT molecular complexity index is 636. The molecule has 0 spiro atoms. The van der Waals surface area contributed by atoms with E-state index >= 15 is 0 Å². The van der Waals surface area contributed by atoms with Crippen molar-refractivity contribution in [3.05, 3.63) is 28.7 Å². The molecule has 0 radical (unpaired) electrons. The van der Waals surface area contributed by atoms with Gasteiger partial charge in [0, 0.05) is 24.2 Å². The molecule has 0 N–H and O–H groups in total. The number of sulfonamides is 1. The third-order valence-corrected chi connectivity index (χ3v) is 6.05. The van der Waals surface area contributed by atoms with Gasteiger partial charge < -0.3 is 14.2 Å². The van der Waals surface area contributed by atoms with E-state index in [9.17, 15) is 8.42 Å². The molecule has 0 amide bonds. The van der Waals surface area contributed by atoms with Crippen molar-refractivity contribution in [1.29, 1.82) is 0 Å². The molecule has 0 unspecified atom stereocenters. The highest BCUT2D eigenvalue weighted by molar-refractivity contribution is 9.10. The van der Waals surface area contributed by atoms with Gasteiger partial charge in [0.1, 0.15) is 0 Å². The molecule has 1 heterocycles. The van der Waals surface area contributed by atoms with Gasteiger partial charge in [0.2, 0.25) is 10.0 Å². The van der Waals surface area contributed by atoms with Crippen LogP contribution in [0.25, 0.3) is 0 Å². The van der Waals surface area contributed by atoms with Crippen molar-refractivity contribution in [3.63, 3.8) is 0 Å². The van der Waals surface area contributed by atoms with Crippen LogP contribution >= 0.6 is 15.9 Å². The van der Waals surface area contributed by atoms with Crippen molar-refractivity contribution in [1.82, 2.24) is 4.31 Å². The SMILES string of the molecule is CCOC[C@H]1CN(S(=O)(=O)c2ccc(Br)cc2)C[C@](C)(OCC)O1. The molecule has 1 aliphatic heterocycles. The first-order valence-electron chi connectivity index (χ1n) is 7.96. The lowest BCUT2D eigenvalue weighted by Gasteiger charge is -2.43. The fourth-order valence-corrected chi connectivity index (χ4v) is 4.51. The maximum Gasteiger partial charge on any atom is 0.243 e. The van der Waals surface area contributed by atoms with E-state index in [2.05, 4.69) is 15.9 Å². The second-order valence-corrected chi connectivity index (χ2v) is 8.57. The van der Waals surface area contributed by atoms with Crippen molar-refractivity contribution >= 4 is 26.0 Å². The van der Waals surface area contributed by atoms with Crippen LogP contribution in [0.4, 0.5) is 0 Å². The van der Waals surface area contributed by atoms with Gasteiger partial charge in [0.05, 0.1) is 24.2 Å². The van der Waals surface area contributed by atoms with E-state index in [4.69, 9.17) is 14.2 Å². The molecule has 8 heteroatoms. The number of morpholine rings is 1. The molecule has 1 aromatic carbocycles. The smallest absolute Gasteiger partial charge is 0.243 e. The van der Waals surface area contributed by atoms with Crippen LogP contribution in [0, 0.1) is 0 Å². The minimum absolute atomic E-state index is 0.141.